The Morgan fingerprint density at radius 2 is 1.52 bits per heavy atom. The van der Waals surface area contributed by atoms with Crippen molar-refractivity contribution in [2.24, 2.45) is 0 Å². The van der Waals surface area contributed by atoms with Crippen LogP contribution in [-0.2, 0) is 10.0 Å². The Morgan fingerprint density at radius 1 is 0.815 bits per heavy atom. The number of aromatic nitrogens is 2. The van der Waals surface area contributed by atoms with Crippen molar-refractivity contribution in [1.82, 2.24) is 9.97 Å². The Hall–Kier alpha value is -3.03. The molecule has 0 bridgehead atoms. The summed E-state index contributed by atoms with van der Waals surface area (Å²) >= 11 is 1.56. The Kier molecular flexibility index (Phi) is 4.70. The fourth-order valence-corrected chi connectivity index (χ4v) is 4.47. The van der Waals surface area contributed by atoms with Gasteiger partial charge in [0.15, 0.2) is 0 Å². The fraction of sp³-hybridized carbons (Fsp3) is 0. The summed E-state index contributed by atoms with van der Waals surface area (Å²) in [7, 11) is -3.59. The Bertz CT molecular complexity index is 1140. The van der Waals surface area contributed by atoms with Crippen LogP contribution in [0, 0.1) is 0 Å². The molecule has 7 heteroatoms. The lowest BCUT2D eigenvalue weighted by atomic mass is 10.1. The van der Waals surface area contributed by atoms with Crippen molar-refractivity contribution in [2.45, 2.75) is 4.90 Å². The number of pyridine rings is 1. The molecule has 0 aliphatic carbocycles. The minimum absolute atomic E-state index is 0.232. The molecule has 0 aliphatic heterocycles. The van der Waals surface area contributed by atoms with Gasteiger partial charge < -0.3 is 0 Å². The third-order valence-corrected chi connectivity index (χ3v) is 6.21. The van der Waals surface area contributed by atoms with Crippen LogP contribution in [0.3, 0.4) is 0 Å². The van der Waals surface area contributed by atoms with E-state index in [2.05, 4.69) is 14.7 Å². The Morgan fingerprint density at radius 3 is 2.22 bits per heavy atom. The summed E-state index contributed by atoms with van der Waals surface area (Å²) < 4.78 is 27.4. The number of hydrogen-bond acceptors (Lipinski definition) is 5. The summed E-state index contributed by atoms with van der Waals surface area (Å²) in [5.74, 6) is 0. The molecule has 5 nitrogen and oxygen atoms in total. The van der Waals surface area contributed by atoms with E-state index in [0.717, 1.165) is 21.8 Å². The van der Waals surface area contributed by atoms with Crippen LogP contribution in [0.25, 0.3) is 21.8 Å². The Balaban J connectivity index is 1.54. The quantitative estimate of drug-likeness (QED) is 0.535. The molecule has 0 aliphatic rings. The van der Waals surface area contributed by atoms with Gasteiger partial charge in [-0.15, -0.1) is 11.3 Å². The molecule has 0 spiro atoms. The molecule has 2 aromatic carbocycles. The molecule has 4 aromatic rings. The van der Waals surface area contributed by atoms with E-state index in [9.17, 15) is 8.42 Å². The average Bonchev–Trinajstić information content (AvgIpc) is 3.20. The van der Waals surface area contributed by atoms with E-state index in [-0.39, 0.29) is 4.90 Å². The number of anilines is 1. The smallest absolute Gasteiger partial charge is 0.261 e. The number of benzene rings is 2. The molecule has 0 amide bonds. The first kappa shape index (κ1) is 17.4. The van der Waals surface area contributed by atoms with Crippen molar-refractivity contribution in [3.63, 3.8) is 0 Å². The first-order valence-electron chi connectivity index (χ1n) is 8.16. The number of nitrogens with one attached hydrogen (secondary N) is 1. The monoisotopic (exact) mass is 393 g/mol. The molecule has 0 atom stereocenters. The van der Waals surface area contributed by atoms with Crippen LogP contribution < -0.4 is 4.72 Å². The fourth-order valence-electron chi connectivity index (χ4n) is 2.56. The molecule has 2 heterocycles. The van der Waals surface area contributed by atoms with Crippen molar-refractivity contribution in [1.29, 1.82) is 0 Å². The van der Waals surface area contributed by atoms with Gasteiger partial charge in [-0.05, 0) is 36.4 Å². The summed E-state index contributed by atoms with van der Waals surface area (Å²) in [6.45, 7) is 0. The molecule has 134 valence electrons. The Labute approximate surface area is 161 Å². The van der Waals surface area contributed by atoms with E-state index < -0.39 is 10.0 Å². The van der Waals surface area contributed by atoms with E-state index >= 15 is 0 Å². The summed E-state index contributed by atoms with van der Waals surface area (Å²) in [6.07, 6.45) is 3.48. The molecular formula is C20H15N3O2S2. The lowest BCUT2D eigenvalue weighted by Gasteiger charge is -2.08. The van der Waals surface area contributed by atoms with Gasteiger partial charge in [-0.3, -0.25) is 9.71 Å². The third kappa shape index (κ3) is 3.89. The van der Waals surface area contributed by atoms with E-state index in [4.69, 9.17) is 0 Å². The van der Waals surface area contributed by atoms with Crippen molar-refractivity contribution in [3.8, 4) is 21.8 Å². The average molecular weight is 393 g/mol. The van der Waals surface area contributed by atoms with Crippen molar-refractivity contribution in [3.05, 3.63) is 84.5 Å². The molecule has 27 heavy (non-hydrogen) atoms. The highest BCUT2D eigenvalue weighted by Gasteiger charge is 2.13. The number of sulfonamides is 1. The van der Waals surface area contributed by atoms with Crippen LogP contribution in [-0.4, -0.2) is 18.4 Å². The van der Waals surface area contributed by atoms with Crippen LogP contribution in [0.5, 0.6) is 0 Å². The molecule has 2 aromatic heterocycles. The highest BCUT2D eigenvalue weighted by atomic mass is 32.2. The second-order valence-corrected chi connectivity index (χ2v) is 8.31. The number of rotatable bonds is 5. The maximum atomic E-state index is 12.4. The molecule has 0 radical (unpaired) electrons. The second kappa shape index (κ2) is 7.30. The predicted octanol–water partition coefficient (Wildman–Crippen LogP) is 4.67. The van der Waals surface area contributed by atoms with Crippen molar-refractivity contribution >= 4 is 27.0 Å². The lowest BCUT2D eigenvalue weighted by molar-refractivity contribution is 0.601. The van der Waals surface area contributed by atoms with Gasteiger partial charge >= 0.3 is 0 Å². The van der Waals surface area contributed by atoms with Crippen molar-refractivity contribution in [2.75, 3.05) is 4.72 Å². The minimum Gasteiger partial charge on any atom is -0.280 e. The van der Waals surface area contributed by atoms with Crippen LogP contribution in [0.2, 0.25) is 0 Å². The van der Waals surface area contributed by atoms with Gasteiger partial charge in [0.25, 0.3) is 10.0 Å². The van der Waals surface area contributed by atoms with Crippen LogP contribution in [0.1, 0.15) is 0 Å². The standard InChI is InChI=1S/C20H15N3O2S2/c24-27(25,18-4-2-1-3-5-18)23-17-8-6-15(7-9-17)19-14-26-20(22-19)16-10-12-21-13-11-16/h1-14,23H. The maximum absolute atomic E-state index is 12.4. The zero-order valence-corrected chi connectivity index (χ0v) is 15.7. The van der Waals surface area contributed by atoms with Gasteiger partial charge in [0.2, 0.25) is 0 Å². The number of nitrogens with zero attached hydrogens (tertiary/aromatic N) is 2. The van der Waals surface area contributed by atoms with Gasteiger partial charge in [-0.25, -0.2) is 13.4 Å². The van der Waals surface area contributed by atoms with Gasteiger partial charge in [-0.1, -0.05) is 30.3 Å². The highest BCUT2D eigenvalue weighted by molar-refractivity contribution is 7.92. The van der Waals surface area contributed by atoms with Crippen molar-refractivity contribution < 1.29 is 8.42 Å². The first-order valence-corrected chi connectivity index (χ1v) is 10.5. The van der Waals surface area contributed by atoms with Crippen LogP contribution in [0.15, 0.2) is 89.4 Å². The van der Waals surface area contributed by atoms with E-state index in [0.29, 0.717) is 5.69 Å². The van der Waals surface area contributed by atoms with Gasteiger partial charge in [0.05, 0.1) is 10.6 Å². The zero-order chi connectivity index (χ0) is 18.7. The summed E-state index contributed by atoms with van der Waals surface area (Å²) in [6, 6.07) is 19.3. The largest absolute Gasteiger partial charge is 0.280 e. The molecule has 0 fully saturated rings. The maximum Gasteiger partial charge on any atom is 0.261 e. The zero-order valence-electron chi connectivity index (χ0n) is 14.1. The number of hydrogen-bond donors (Lipinski definition) is 1. The van der Waals surface area contributed by atoms with Gasteiger partial charge in [0.1, 0.15) is 5.01 Å². The predicted molar refractivity (Wildman–Crippen MR) is 108 cm³/mol. The third-order valence-electron chi connectivity index (χ3n) is 3.92. The van der Waals surface area contributed by atoms with Crippen LogP contribution >= 0.6 is 11.3 Å². The summed E-state index contributed by atoms with van der Waals surface area (Å²) in [5, 5.41) is 2.90. The highest BCUT2D eigenvalue weighted by Crippen LogP contribution is 2.29. The van der Waals surface area contributed by atoms with E-state index in [1.54, 1.807) is 66.2 Å². The molecule has 4 rings (SSSR count). The SMILES string of the molecule is O=S(=O)(Nc1ccc(-c2csc(-c3ccncc3)n2)cc1)c1ccccc1. The molecule has 0 unspecified atom stereocenters. The number of thiazole rings is 1. The molecule has 0 saturated carbocycles. The van der Waals surface area contributed by atoms with E-state index in [1.807, 2.05) is 29.6 Å². The molecule has 0 saturated heterocycles. The topological polar surface area (TPSA) is 72.0 Å². The lowest BCUT2D eigenvalue weighted by Crippen LogP contribution is -2.12. The summed E-state index contributed by atoms with van der Waals surface area (Å²) in [4.78, 5) is 8.90. The second-order valence-electron chi connectivity index (χ2n) is 5.77. The minimum atomic E-state index is -3.59. The van der Waals surface area contributed by atoms with Gasteiger partial charge in [0, 0.05) is 34.6 Å². The van der Waals surface area contributed by atoms with E-state index in [1.165, 1.54) is 0 Å². The molecular weight excluding hydrogens is 378 g/mol. The van der Waals surface area contributed by atoms with Crippen LogP contribution in [0.4, 0.5) is 5.69 Å². The van der Waals surface area contributed by atoms with Gasteiger partial charge in [-0.2, -0.15) is 0 Å². The molecule has 1 N–H and O–H groups in total. The summed E-state index contributed by atoms with van der Waals surface area (Å²) in [5.41, 5.74) is 3.30. The normalized spacial score (nSPS) is 11.3. The first-order chi connectivity index (χ1) is 13.1.